The molecule has 0 spiro atoms. The molecule has 142 valence electrons. The molecule has 0 aliphatic heterocycles. The third-order valence-electron chi connectivity index (χ3n) is 4.04. The maximum Gasteiger partial charge on any atom is 0.160 e. The Labute approximate surface area is 154 Å². The van der Waals surface area contributed by atoms with Crippen LogP contribution >= 0.6 is 0 Å². The average Bonchev–Trinajstić information content (AvgIpc) is 2.69. The smallest absolute Gasteiger partial charge is 0.160 e. The van der Waals surface area contributed by atoms with Crippen molar-refractivity contribution >= 4 is 0 Å². The molecule has 0 aromatic heterocycles. The summed E-state index contributed by atoms with van der Waals surface area (Å²) in [6.45, 7) is 1.83. The van der Waals surface area contributed by atoms with Crippen molar-refractivity contribution in [3.63, 3.8) is 0 Å². The fourth-order valence-electron chi connectivity index (χ4n) is 2.60. The predicted molar refractivity (Wildman–Crippen MR) is 102 cm³/mol. The van der Waals surface area contributed by atoms with Crippen molar-refractivity contribution in [2.75, 3.05) is 33.9 Å². The molecule has 0 heterocycles. The zero-order valence-electron chi connectivity index (χ0n) is 15.4. The van der Waals surface area contributed by atoms with Crippen LogP contribution in [0.3, 0.4) is 0 Å². The summed E-state index contributed by atoms with van der Waals surface area (Å²) in [5.74, 6) is 2.16. The minimum absolute atomic E-state index is 0.223. The number of rotatable bonds is 11. The van der Waals surface area contributed by atoms with Crippen molar-refractivity contribution in [2.24, 2.45) is 5.73 Å². The lowest BCUT2D eigenvalue weighted by atomic mass is 10.1. The standard InChI is InChI=1S/C20H28N2O4/c1-24-19-8-7-15(11-20(19)25-2)9-10-22-13-17(23)14-26-18-6-4-3-5-16(18)12-21/h3-8,11,17,22-23H,9-10,12-14,21H2,1-2H3/t17-/m1/s1. The van der Waals surface area contributed by atoms with Gasteiger partial charge in [0.2, 0.25) is 0 Å². The van der Waals surface area contributed by atoms with E-state index in [0.29, 0.717) is 13.1 Å². The molecule has 4 N–H and O–H groups in total. The Balaban J connectivity index is 1.71. The number of methoxy groups -OCH3 is 2. The van der Waals surface area contributed by atoms with Crippen molar-refractivity contribution in [2.45, 2.75) is 19.1 Å². The SMILES string of the molecule is COc1ccc(CCNC[C@@H](O)COc2ccccc2CN)cc1OC. The van der Waals surface area contributed by atoms with E-state index in [9.17, 15) is 5.11 Å². The highest BCUT2D eigenvalue weighted by molar-refractivity contribution is 5.42. The van der Waals surface area contributed by atoms with Crippen LogP contribution in [-0.4, -0.2) is 45.1 Å². The zero-order valence-corrected chi connectivity index (χ0v) is 15.4. The van der Waals surface area contributed by atoms with Gasteiger partial charge in [-0.2, -0.15) is 0 Å². The number of hydrogen-bond acceptors (Lipinski definition) is 6. The van der Waals surface area contributed by atoms with Crippen LogP contribution in [0.4, 0.5) is 0 Å². The molecule has 2 aromatic rings. The number of benzene rings is 2. The molecule has 6 nitrogen and oxygen atoms in total. The van der Waals surface area contributed by atoms with Crippen LogP contribution < -0.4 is 25.3 Å². The number of aliphatic hydroxyl groups is 1. The zero-order chi connectivity index (χ0) is 18.8. The van der Waals surface area contributed by atoms with Gasteiger partial charge in [0.15, 0.2) is 11.5 Å². The topological polar surface area (TPSA) is 86.0 Å². The quantitative estimate of drug-likeness (QED) is 0.529. The molecule has 0 aliphatic carbocycles. The second-order valence-electron chi connectivity index (χ2n) is 5.92. The van der Waals surface area contributed by atoms with Gasteiger partial charge in [-0.25, -0.2) is 0 Å². The summed E-state index contributed by atoms with van der Waals surface area (Å²) in [5.41, 5.74) is 7.75. The number of ether oxygens (including phenoxy) is 3. The summed E-state index contributed by atoms with van der Waals surface area (Å²) in [5, 5.41) is 13.3. The summed E-state index contributed by atoms with van der Waals surface area (Å²) in [6, 6.07) is 13.5. The van der Waals surface area contributed by atoms with E-state index in [4.69, 9.17) is 19.9 Å². The minimum Gasteiger partial charge on any atom is -0.493 e. The fraction of sp³-hybridized carbons (Fsp3) is 0.400. The Morgan fingerprint density at radius 2 is 1.81 bits per heavy atom. The van der Waals surface area contributed by atoms with Gasteiger partial charge in [-0.15, -0.1) is 0 Å². The van der Waals surface area contributed by atoms with Gasteiger partial charge in [-0.3, -0.25) is 0 Å². The summed E-state index contributed by atoms with van der Waals surface area (Å²) < 4.78 is 16.2. The largest absolute Gasteiger partial charge is 0.493 e. The van der Waals surface area contributed by atoms with Crippen LogP contribution in [-0.2, 0) is 13.0 Å². The second kappa shape index (κ2) is 10.7. The molecular weight excluding hydrogens is 332 g/mol. The highest BCUT2D eigenvalue weighted by Crippen LogP contribution is 2.27. The van der Waals surface area contributed by atoms with E-state index < -0.39 is 6.10 Å². The number of para-hydroxylation sites is 1. The van der Waals surface area contributed by atoms with Crippen LogP contribution in [0.1, 0.15) is 11.1 Å². The van der Waals surface area contributed by atoms with Crippen molar-refractivity contribution < 1.29 is 19.3 Å². The van der Waals surface area contributed by atoms with Gasteiger partial charge in [-0.1, -0.05) is 24.3 Å². The van der Waals surface area contributed by atoms with E-state index in [1.165, 1.54) is 0 Å². The van der Waals surface area contributed by atoms with E-state index in [0.717, 1.165) is 41.3 Å². The Morgan fingerprint density at radius 1 is 1.04 bits per heavy atom. The molecular formula is C20H28N2O4. The van der Waals surface area contributed by atoms with E-state index in [1.54, 1.807) is 14.2 Å². The average molecular weight is 360 g/mol. The highest BCUT2D eigenvalue weighted by atomic mass is 16.5. The van der Waals surface area contributed by atoms with Crippen LogP contribution in [0, 0.1) is 0 Å². The molecule has 0 bridgehead atoms. The normalized spacial score (nSPS) is 11.8. The van der Waals surface area contributed by atoms with E-state index in [-0.39, 0.29) is 6.61 Å². The maximum absolute atomic E-state index is 10.1. The molecule has 0 aliphatic rings. The lowest BCUT2D eigenvalue weighted by Gasteiger charge is -2.15. The first-order valence-electron chi connectivity index (χ1n) is 8.68. The lowest BCUT2D eigenvalue weighted by Crippen LogP contribution is -2.32. The van der Waals surface area contributed by atoms with Crippen molar-refractivity contribution in [3.05, 3.63) is 53.6 Å². The molecule has 0 saturated carbocycles. The molecule has 1 atom stereocenters. The summed E-state index contributed by atoms with van der Waals surface area (Å²) >= 11 is 0. The van der Waals surface area contributed by atoms with Crippen molar-refractivity contribution in [1.29, 1.82) is 0 Å². The van der Waals surface area contributed by atoms with E-state index in [2.05, 4.69) is 5.32 Å². The van der Waals surface area contributed by atoms with Gasteiger partial charge >= 0.3 is 0 Å². The molecule has 2 aromatic carbocycles. The van der Waals surface area contributed by atoms with Gasteiger partial charge in [-0.05, 0) is 36.7 Å². The third-order valence-corrected chi connectivity index (χ3v) is 4.04. The van der Waals surface area contributed by atoms with Gasteiger partial charge in [0, 0.05) is 18.7 Å². The first-order valence-corrected chi connectivity index (χ1v) is 8.68. The minimum atomic E-state index is -0.591. The first-order chi connectivity index (χ1) is 12.7. The van der Waals surface area contributed by atoms with Gasteiger partial charge in [0.25, 0.3) is 0 Å². The van der Waals surface area contributed by atoms with Crippen LogP contribution in [0.2, 0.25) is 0 Å². The summed E-state index contributed by atoms with van der Waals surface area (Å²) in [6.07, 6.45) is 0.232. The molecule has 6 heteroatoms. The molecule has 0 amide bonds. The number of hydrogen-bond donors (Lipinski definition) is 3. The van der Waals surface area contributed by atoms with Crippen LogP contribution in [0.25, 0.3) is 0 Å². The van der Waals surface area contributed by atoms with Crippen molar-refractivity contribution in [1.82, 2.24) is 5.32 Å². The van der Waals surface area contributed by atoms with Crippen LogP contribution in [0.15, 0.2) is 42.5 Å². The Bertz CT molecular complexity index is 679. The first kappa shape index (κ1) is 20.0. The van der Waals surface area contributed by atoms with Gasteiger partial charge < -0.3 is 30.4 Å². The monoisotopic (exact) mass is 360 g/mol. The fourth-order valence-corrected chi connectivity index (χ4v) is 2.60. The predicted octanol–water partition coefficient (Wildman–Crippen LogP) is 1.73. The molecule has 0 saturated heterocycles. The van der Waals surface area contributed by atoms with Gasteiger partial charge in [0.1, 0.15) is 18.5 Å². The summed E-state index contributed by atoms with van der Waals surface area (Å²) in [7, 11) is 3.24. The second-order valence-corrected chi connectivity index (χ2v) is 5.92. The Hall–Kier alpha value is -2.28. The number of aliphatic hydroxyl groups excluding tert-OH is 1. The Kier molecular flexibility index (Phi) is 8.21. The van der Waals surface area contributed by atoms with Crippen molar-refractivity contribution in [3.8, 4) is 17.2 Å². The Morgan fingerprint density at radius 3 is 2.54 bits per heavy atom. The van der Waals surface area contributed by atoms with E-state index in [1.807, 2.05) is 42.5 Å². The molecule has 0 fully saturated rings. The van der Waals surface area contributed by atoms with E-state index >= 15 is 0 Å². The molecule has 2 rings (SSSR count). The molecule has 0 unspecified atom stereocenters. The lowest BCUT2D eigenvalue weighted by molar-refractivity contribution is 0.106. The van der Waals surface area contributed by atoms with Crippen LogP contribution in [0.5, 0.6) is 17.2 Å². The highest BCUT2D eigenvalue weighted by Gasteiger charge is 2.08. The summed E-state index contributed by atoms with van der Waals surface area (Å²) in [4.78, 5) is 0. The van der Waals surface area contributed by atoms with Gasteiger partial charge in [0.05, 0.1) is 14.2 Å². The third kappa shape index (κ3) is 5.91. The number of nitrogens with two attached hydrogens (primary N) is 1. The molecule has 26 heavy (non-hydrogen) atoms. The molecule has 0 radical (unpaired) electrons. The number of nitrogens with one attached hydrogen (secondary N) is 1. The maximum atomic E-state index is 10.1.